The summed E-state index contributed by atoms with van der Waals surface area (Å²) in [6.45, 7) is 0. The number of aromatic amines is 3. The number of hydrogen-bond acceptors (Lipinski definition) is 5. The first kappa shape index (κ1) is 36.2. The van der Waals surface area contributed by atoms with Gasteiger partial charge in [-0.15, -0.1) is 0 Å². The number of esters is 2. The highest BCUT2D eigenvalue weighted by Gasteiger charge is 2.42. The van der Waals surface area contributed by atoms with Gasteiger partial charge in [0.2, 0.25) is 0 Å². The minimum atomic E-state index is -1.06. The number of aromatic nitrogens is 7. The molecule has 0 amide bonds. The number of imidazole rings is 2. The summed E-state index contributed by atoms with van der Waals surface area (Å²) in [6.07, 6.45) is 14.3. The minimum absolute atomic E-state index is 0.422. The lowest BCUT2D eigenvalue weighted by molar-refractivity contribution is -0.673. The molecule has 0 saturated heterocycles. The number of ether oxygens (including phenoxy) is 2. The second-order valence-electron chi connectivity index (χ2n) is 14.6. The molecule has 7 heterocycles. The molecule has 12 nitrogen and oxygen atoms in total. The lowest BCUT2D eigenvalue weighted by atomic mass is 9.69. The van der Waals surface area contributed by atoms with E-state index >= 15 is 0 Å². The zero-order chi connectivity index (χ0) is 40.3. The van der Waals surface area contributed by atoms with Crippen molar-refractivity contribution in [2.24, 2.45) is 33.2 Å². The number of rotatable bonds is 6. The highest BCUT2D eigenvalue weighted by atomic mass is 16.5. The number of carbonyl (C=O) groups excluding carboxylic acids is 2. The lowest BCUT2D eigenvalue weighted by Crippen LogP contribution is -2.34. The molecule has 288 valence electrons. The largest absolute Gasteiger partial charge is 0.465 e. The van der Waals surface area contributed by atoms with Gasteiger partial charge in [-0.2, -0.15) is 0 Å². The monoisotopic (exact) mass is 770 g/mol. The van der Waals surface area contributed by atoms with E-state index in [9.17, 15) is 9.59 Å². The van der Waals surface area contributed by atoms with Gasteiger partial charge >= 0.3 is 11.9 Å². The maximum atomic E-state index is 12.8. The van der Waals surface area contributed by atoms with Crippen LogP contribution in [-0.2, 0) is 43.1 Å². The molecule has 0 spiro atoms. The Morgan fingerprint density at radius 2 is 1.16 bits per heavy atom. The molecule has 58 heavy (non-hydrogen) atoms. The molecule has 0 aliphatic carbocycles. The van der Waals surface area contributed by atoms with E-state index in [1.807, 2.05) is 83.3 Å². The van der Waals surface area contributed by atoms with Crippen LogP contribution in [0.2, 0.25) is 0 Å². The van der Waals surface area contributed by atoms with Crippen LogP contribution < -0.4 is 19.8 Å². The second kappa shape index (κ2) is 13.9. The number of hydrogen-bond donors (Lipinski definition) is 3. The lowest BCUT2D eigenvalue weighted by Gasteiger charge is -2.34. The van der Waals surface area contributed by atoms with E-state index in [1.165, 1.54) is 14.2 Å². The SMILES string of the molecule is COC(=O)c1ccc(C2(c3ccc(C(=O)OC)cc3)c3ccc([nH]3)/C(c3n(C)cc[n+]3C)=C3/C=CC(=N3)/C=c3/cc/c([nH]3)=C(\c3n(C)cc[n+]3C)c3ccc2[nH]3)cc1. The highest BCUT2D eigenvalue weighted by molar-refractivity contribution is 6.19. The number of aliphatic imine (C=N–C) groups is 1. The van der Waals surface area contributed by atoms with Gasteiger partial charge in [0, 0.05) is 16.7 Å². The summed E-state index contributed by atoms with van der Waals surface area (Å²) in [4.78, 5) is 42.2. The Labute approximate surface area is 334 Å². The Balaban J connectivity index is 1.43. The van der Waals surface area contributed by atoms with Gasteiger partial charge in [-0.1, -0.05) is 24.3 Å². The quantitative estimate of drug-likeness (QED) is 0.176. The predicted molar refractivity (Wildman–Crippen MR) is 218 cm³/mol. The Kier molecular flexibility index (Phi) is 8.69. The molecular formula is C46H42N8O4+2. The van der Waals surface area contributed by atoms with Gasteiger partial charge in [-0.05, 0) is 90.0 Å². The summed E-state index contributed by atoms with van der Waals surface area (Å²) < 4.78 is 18.6. The topological polar surface area (TPSA) is 130 Å². The van der Waals surface area contributed by atoms with Crippen LogP contribution in [-0.4, -0.2) is 56.0 Å². The Hall–Kier alpha value is -7.47. The van der Waals surface area contributed by atoms with Gasteiger partial charge in [-0.3, -0.25) is 0 Å². The average Bonchev–Trinajstić information content (AvgIpc) is 4.12. The fourth-order valence-corrected chi connectivity index (χ4v) is 8.44. The molecule has 0 radical (unpaired) electrons. The molecule has 8 bridgehead atoms. The first-order chi connectivity index (χ1) is 28.1. The van der Waals surface area contributed by atoms with E-state index in [2.05, 4.69) is 81.8 Å². The number of methoxy groups -OCH3 is 2. The third-order valence-corrected chi connectivity index (χ3v) is 11.2. The second-order valence-corrected chi connectivity index (χ2v) is 14.6. The summed E-state index contributed by atoms with van der Waals surface area (Å²) in [5, 5.41) is 1.82. The molecule has 9 rings (SSSR count). The van der Waals surface area contributed by atoms with Gasteiger partial charge in [0.15, 0.2) is 0 Å². The van der Waals surface area contributed by atoms with E-state index in [0.29, 0.717) is 11.1 Å². The van der Waals surface area contributed by atoms with Crippen LogP contribution in [0.5, 0.6) is 0 Å². The van der Waals surface area contributed by atoms with Crippen molar-refractivity contribution in [3.05, 3.63) is 195 Å². The average molecular weight is 771 g/mol. The van der Waals surface area contributed by atoms with Crippen LogP contribution in [0.15, 0.2) is 133 Å². The molecule has 0 atom stereocenters. The summed E-state index contributed by atoms with van der Waals surface area (Å²) in [7, 11) is 10.9. The summed E-state index contributed by atoms with van der Waals surface area (Å²) >= 11 is 0. The zero-order valence-corrected chi connectivity index (χ0v) is 33.0. The summed E-state index contributed by atoms with van der Waals surface area (Å²) in [6, 6.07) is 27.6. The molecule has 5 aromatic heterocycles. The van der Waals surface area contributed by atoms with Crippen molar-refractivity contribution in [2.75, 3.05) is 14.2 Å². The summed E-state index contributed by atoms with van der Waals surface area (Å²) in [5.74, 6) is 1.07. The predicted octanol–water partition coefficient (Wildman–Crippen LogP) is 3.76. The van der Waals surface area contributed by atoms with Crippen molar-refractivity contribution >= 4 is 34.9 Å². The molecule has 12 heteroatoms. The number of fused-ring (bicyclic) bond motifs is 7. The van der Waals surface area contributed by atoms with Crippen molar-refractivity contribution in [3.8, 4) is 0 Å². The van der Waals surface area contributed by atoms with Crippen LogP contribution in [0, 0.1) is 0 Å². The van der Waals surface area contributed by atoms with Crippen molar-refractivity contribution in [1.82, 2.24) is 24.1 Å². The molecule has 0 fully saturated rings. The van der Waals surface area contributed by atoms with Crippen molar-refractivity contribution in [1.29, 1.82) is 0 Å². The minimum Gasteiger partial charge on any atom is -0.465 e. The summed E-state index contributed by atoms with van der Waals surface area (Å²) in [5.41, 5.74) is 8.39. The molecule has 7 aromatic rings. The van der Waals surface area contributed by atoms with Gasteiger partial charge < -0.3 is 24.4 Å². The normalized spacial score (nSPS) is 17.1. The van der Waals surface area contributed by atoms with Crippen LogP contribution in [0.25, 0.3) is 17.2 Å². The van der Waals surface area contributed by atoms with Crippen molar-refractivity contribution < 1.29 is 28.2 Å². The number of aryl methyl sites for hydroxylation is 4. The Morgan fingerprint density at radius 3 is 1.66 bits per heavy atom. The van der Waals surface area contributed by atoms with E-state index in [4.69, 9.17) is 14.5 Å². The van der Waals surface area contributed by atoms with Crippen molar-refractivity contribution in [2.45, 2.75) is 5.41 Å². The number of nitrogens with one attached hydrogen (secondary N) is 3. The van der Waals surface area contributed by atoms with Gasteiger partial charge in [0.25, 0.3) is 11.6 Å². The van der Waals surface area contributed by atoms with Crippen LogP contribution in [0.3, 0.4) is 0 Å². The number of H-pyrrole nitrogens is 3. The van der Waals surface area contributed by atoms with Crippen molar-refractivity contribution in [3.63, 3.8) is 0 Å². The van der Waals surface area contributed by atoms with E-state index in [-0.39, 0.29) is 0 Å². The Bertz CT molecular complexity index is 2900. The number of benzene rings is 2. The van der Waals surface area contributed by atoms with Crippen LogP contribution in [0.1, 0.15) is 66.3 Å². The molecule has 0 saturated carbocycles. The fourth-order valence-electron chi connectivity index (χ4n) is 8.44. The van der Waals surface area contributed by atoms with E-state index in [1.54, 1.807) is 24.3 Å². The van der Waals surface area contributed by atoms with E-state index in [0.717, 1.165) is 78.8 Å². The number of nitrogens with zero attached hydrogens (tertiary/aromatic N) is 5. The van der Waals surface area contributed by atoms with Gasteiger partial charge in [0.05, 0.1) is 81.7 Å². The van der Waals surface area contributed by atoms with Crippen LogP contribution in [0.4, 0.5) is 0 Å². The van der Waals surface area contributed by atoms with E-state index < -0.39 is 17.4 Å². The number of allylic oxidation sites excluding steroid dienone is 2. The molecule has 3 N–H and O–H groups in total. The standard InChI is InChI=1S/C46H41N8O4/c1-51-23-24-52(2)42(51)40-34-17-15-32(47-34)27-33-16-18-35(48-33)41(43-53(3)25-26-54(43)4)37-20-22-39(50-37)46(38-21-19-36(40)49-38,30-11-7-28(8-12-30)44(55)57-5)31-13-9-29(10-14-31)45(56)58-6/h7-27H,1-6H3,(H2,47,48,49,50)/q+1/p+1. The van der Waals surface area contributed by atoms with Crippen LogP contribution >= 0.6 is 0 Å². The maximum Gasteiger partial charge on any atom is 0.337 e. The molecular weight excluding hydrogens is 729 g/mol. The zero-order valence-electron chi connectivity index (χ0n) is 33.0. The van der Waals surface area contributed by atoms with Gasteiger partial charge in [-0.25, -0.2) is 32.8 Å². The van der Waals surface area contributed by atoms with Gasteiger partial charge in [0.1, 0.15) is 41.3 Å². The maximum absolute atomic E-state index is 12.8. The Morgan fingerprint density at radius 1 is 0.638 bits per heavy atom. The first-order valence-electron chi connectivity index (χ1n) is 18.8. The molecule has 2 aliphatic rings. The highest BCUT2D eigenvalue weighted by Crippen LogP contribution is 2.46. The smallest absolute Gasteiger partial charge is 0.337 e. The number of carbonyl (C=O) groups is 2. The molecule has 2 aliphatic heterocycles. The first-order valence-corrected chi connectivity index (χ1v) is 18.8. The third kappa shape index (κ3) is 5.71. The fraction of sp³-hybridized carbons (Fsp3) is 0.152. The molecule has 2 aromatic carbocycles. The third-order valence-electron chi connectivity index (χ3n) is 11.2. The molecule has 0 unspecified atom stereocenters.